The summed E-state index contributed by atoms with van der Waals surface area (Å²) in [6.07, 6.45) is 0.460. The highest BCUT2D eigenvalue weighted by Gasteiger charge is 2.31. The summed E-state index contributed by atoms with van der Waals surface area (Å²) >= 11 is 13.0. The van der Waals surface area contributed by atoms with Crippen molar-refractivity contribution in [1.82, 2.24) is 0 Å². The van der Waals surface area contributed by atoms with Crippen molar-refractivity contribution in [2.24, 2.45) is 0 Å². The zero-order valence-electron chi connectivity index (χ0n) is 11.1. The van der Waals surface area contributed by atoms with E-state index in [4.69, 9.17) is 11.6 Å². The van der Waals surface area contributed by atoms with Gasteiger partial charge >= 0.3 is 0 Å². The highest BCUT2D eigenvalue weighted by molar-refractivity contribution is 9.09. The molecule has 5 heteroatoms. The smallest absolute Gasteiger partial charge is 0.126 e. The first-order valence-electron chi connectivity index (χ1n) is 6.33. The van der Waals surface area contributed by atoms with Crippen LogP contribution in [0.25, 0.3) is 0 Å². The van der Waals surface area contributed by atoms with Gasteiger partial charge in [0, 0.05) is 21.1 Å². The first kappa shape index (κ1) is 16.9. The zero-order valence-corrected chi connectivity index (χ0v) is 15.0. The van der Waals surface area contributed by atoms with Gasteiger partial charge in [-0.2, -0.15) is 0 Å². The molecular formula is C16H13Br2ClF2. The molecule has 2 aromatic carbocycles. The van der Waals surface area contributed by atoms with Gasteiger partial charge in [0.25, 0.3) is 0 Å². The van der Waals surface area contributed by atoms with Gasteiger partial charge in [-0.25, -0.2) is 8.78 Å². The largest absolute Gasteiger partial charge is 0.207 e. The molecule has 0 saturated carbocycles. The number of hydrogen-bond acceptors (Lipinski definition) is 0. The van der Waals surface area contributed by atoms with Crippen LogP contribution in [-0.2, 0) is 11.8 Å². The molecule has 2 aromatic rings. The number of halogens is 5. The molecule has 0 nitrogen and oxygen atoms in total. The predicted octanol–water partition coefficient (Wildman–Crippen LogP) is 5.89. The molecule has 2 rings (SSSR count). The maximum atomic E-state index is 14.0. The van der Waals surface area contributed by atoms with Crippen LogP contribution in [0, 0.1) is 11.6 Å². The van der Waals surface area contributed by atoms with Crippen molar-refractivity contribution in [1.29, 1.82) is 0 Å². The Morgan fingerprint density at radius 1 is 0.952 bits per heavy atom. The fourth-order valence-electron chi connectivity index (χ4n) is 2.23. The fraction of sp³-hybridized carbons (Fsp3) is 0.250. The van der Waals surface area contributed by atoms with Crippen LogP contribution in [0.2, 0.25) is 5.02 Å². The predicted molar refractivity (Wildman–Crippen MR) is 90.8 cm³/mol. The van der Waals surface area contributed by atoms with E-state index in [2.05, 4.69) is 31.9 Å². The maximum Gasteiger partial charge on any atom is 0.126 e. The summed E-state index contributed by atoms with van der Waals surface area (Å²) in [6.45, 7) is 0. The van der Waals surface area contributed by atoms with Gasteiger partial charge in [-0.05, 0) is 47.9 Å². The van der Waals surface area contributed by atoms with Gasteiger partial charge in [-0.1, -0.05) is 55.6 Å². The lowest BCUT2D eigenvalue weighted by Gasteiger charge is -2.31. The summed E-state index contributed by atoms with van der Waals surface area (Å²) in [5.74, 6) is -0.571. The van der Waals surface area contributed by atoms with E-state index in [1.807, 2.05) is 0 Å². The van der Waals surface area contributed by atoms with E-state index in [1.165, 1.54) is 24.3 Å². The summed E-state index contributed by atoms with van der Waals surface area (Å²) in [5.41, 5.74) is 1.11. The van der Waals surface area contributed by atoms with Crippen molar-refractivity contribution < 1.29 is 8.78 Å². The molecule has 112 valence electrons. The lowest BCUT2D eigenvalue weighted by molar-refractivity contribution is 0.521. The summed E-state index contributed by atoms with van der Waals surface area (Å²) in [4.78, 5) is 0. The normalized spacial score (nSPS) is 11.7. The van der Waals surface area contributed by atoms with Gasteiger partial charge in [-0.15, -0.1) is 0 Å². The minimum atomic E-state index is -0.376. The Kier molecular flexibility index (Phi) is 5.81. The number of hydrogen-bond donors (Lipinski definition) is 0. The molecule has 21 heavy (non-hydrogen) atoms. The number of rotatable bonds is 5. The molecule has 0 bridgehead atoms. The SMILES string of the molecule is Fc1ccc(C(CBr)(CBr)Cc2cc(Cl)ccc2F)cc1. The van der Waals surface area contributed by atoms with E-state index in [9.17, 15) is 8.78 Å². The van der Waals surface area contributed by atoms with Crippen LogP contribution in [0.5, 0.6) is 0 Å². The highest BCUT2D eigenvalue weighted by atomic mass is 79.9. The van der Waals surface area contributed by atoms with E-state index in [-0.39, 0.29) is 17.0 Å². The topological polar surface area (TPSA) is 0 Å². The average molecular weight is 439 g/mol. The summed E-state index contributed by atoms with van der Waals surface area (Å²) in [6, 6.07) is 10.9. The molecule has 0 amide bonds. The third kappa shape index (κ3) is 3.85. The quantitative estimate of drug-likeness (QED) is 0.511. The van der Waals surface area contributed by atoms with Crippen molar-refractivity contribution in [2.45, 2.75) is 11.8 Å². The molecule has 0 heterocycles. The van der Waals surface area contributed by atoms with Gasteiger partial charge in [0.1, 0.15) is 11.6 Å². The first-order chi connectivity index (χ1) is 10.0. The van der Waals surface area contributed by atoms with Crippen molar-refractivity contribution in [3.8, 4) is 0 Å². The van der Waals surface area contributed by atoms with E-state index in [0.717, 1.165) is 5.56 Å². The molecule has 0 saturated heterocycles. The number of alkyl halides is 2. The Balaban J connectivity index is 2.42. The maximum absolute atomic E-state index is 14.0. The van der Waals surface area contributed by atoms with Crippen LogP contribution in [0.15, 0.2) is 42.5 Å². The van der Waals surface area contributed by atoms with E-state index in [0.29, 0.717) is 27.7 Å². The third-order valence-corrected chi connectivity index (χ3v) is 5.89. The Morgan fingerprint density at radius 3 is 2.14 bits per heavy atom. The van der Waals surface area contributed by atoms with E-state index >= 15 is 0 Å². The minimum Gasteiger partial charge on any atom is -0.207 e. The summed E-state index contributed by atoms with van der Waals surface area (Å²) in [7, 11) is 0. The van der Waals surface area contributed by atoms with Crippen molar-refractivity contribution in [3.05, 3.63) is 70.2 Å². The van der Waals surface area contributed by atoms with Crippen molar-refractivity contribution in [2.75, 3.05) is 10.7 Å². The molecule has 0 fully saturated rings. The highest BCUT2D eigenvalue weighted by Crippen LogP contribution is 2.34. The van der Waals surface area contributed by atoms with Gasteiger partial charge < -0.3 is 0 Å². The average Bonchev–Trinajstić information content (AvgIpc) is 2.49. The molecule has 0 aliphatic heterocycles. The van der Waals surface area contributed by atoms with Crippen LogP contribution < -0.4 is 0 Å². The van der Waals surface area contributed by atoms with Crippen LogP contribution in [0.4, 0.5) is 8.78 Å². The molecule has 0 aromatic heterocycles. The van der Waals surface area contributed by atoms with Gasteiger partial charge in [0.15, 0.2) is 0 Å². The molecule has 0 aliphatic carbocycles. The van der Waals surface area contributed by atoms with Gasteiger partial charge in [0.2, 0.25) is 0 Å². The Bertz CT molecular complexity index is 610. The molecule has 0 N–H and O–H groups in total. The first-order valence-corrected chi connectivity index (χ1v) is 8.95. The lowest BCUT2D eigenvalue weighted by Crippen LogP contribution is -2.33. The zero-order chi connectivity index (χ0) is 15.5. The standard InChI is InChI=1S/C16H13Br2ClF2/c17-9-16(10-18,12-1-4-14(20)5-2-12)8-11-7-13(19)3-6-15(11)21/h1-7H,8-10H2. The molecule has 0 atom stereocenters. The molecule has 0 radical (unpaired) electrons. The second-order valence-electron chi connectivity index (χ2n) is 4.97. The molecular weight excluding hydrogens is 425 g/mol. The van der Waals surface area contributed by atoms with Crippen LogP contribution >= 0.6 is 43.5 Å². The fourth-order valence-corrected chi connectivity index (χ4v) is 4.40. The molecule has 0 spiro atoms. The van der Waals surface area contributed by atoms with Crippen molar-refractivity contribution >= 4 is 43.5 Å². The molecule has 0 unspecified atom stereocenters. The van der Waals surface area contributed by atoms with Gasteiger partial charge in [0.05, 0.1) is 0 Å². The summed E-state index contributed by atoms with van der Waals surface area (Å²) in [5, 5.41) is 1.73. The number of benzene rings is 2. The van der Waals surface area contributed by atoms with Crippen LogP contribution in [-0.4, -0.2) is 10.7 Å². The Morgan fingerprint density at radius 2 is 1.57 bits per heavy atom. The second kappa shape index (κ2) is 7.21. The Hall–Kier alpha value is -0.450. The van der Waals surface area contributed by atoms with E-state index < -0.39 is 0 Å². The summed E-state index contributed by atoms with van der Waals surface area (Å²) < 4.78 is 27.1. The Labute approximate surface area is 144 Å². The van der Waals surface area contributed by atoms with Crippen LogP contribution in [0.1, 0.15) is 11.1 Å². The monoisotopic (exact) mass is 436 g/mol. The van der Waals surface area contributed by atoms with Crippen LogP contribution in [0.3, 0.4) is 0 Å². The molecule has 0 aliphatic rings. The second-order valence-corrected chi connectivity index (χ2v) is 6.52. The lowest BCUT2D eigenvalue weighted by atomic mass is 9.79. The third-order valence-electron chi connectivity index (χ3n) is 3.50. The van der Waals surface area contributed by atoms with E-state index in [1.54, 1.807) is 18.2 Å². The van der Waals surface area contributed by atoms with Gasteiger partial charge in [-0.3, -0.25) is 0 Å². The minimum absolute atomic E-state index is 0.284. The van der Waals surface area contributed by atoms with Crippen molar-refractivity contribution in [3.63, 3.8) is 0 Å².